The molecule has 3 heteroatoms. The van der Waals surface area contributed by atoms with E-state index in [0.717, 1.165) is 12.1 Å². The molecule has 0 radical (unpaired) electrons. The van der Waals surface area contributed by atoms with E-state index in [4.69, 9.17) is 11.1 Å². The second kappa shape index (κ2) is 5.53. The lowest BCUT2D eigenvalue weighted by atomic mass is 10.3. The van der Waals surface area contributed by atoms with Crippen molar-refractivity contribution in [3.8, 4) is 0 Å². The first-order valence-corrected chi connectivity index (χ1v) is 3.58. The average molecular weight is 153 g/mol. The van der Waals surface area contributed by atoms with Crippen LogP contribution < -0.4 is 5.73 Å². The zero-order valence-corrected chi connectivity index (χ0v) is 7.04. The van der Waals surface area contributed by atoms with Crippen LogP contribution in [-0.2, 0) is 0 Å². The molecule has 0 unspecified atom stereocenters. The summed E-state index contributed by atoms with van der Waals surface area (Å²) in [6, 6.07) is 0. The maximum atomic E-state index is 6.95. The fourth-order valence-corrected chi connectivity index (χ4v) is 0.604. The third kappa shape index (κ3) is 3.45. The van der Waals surface area contributed by atoms with E-state index in [9.17, 15) is 0 Å². The first-order chi connectivity index (χ1) is 5.26. The van der Waals surface area contributed by atoms with Crippen molar-refractivity contribution >= 4 is 6.34 Å². The summed E-state index contributed by atoms with van der Waals surface area (Å²) in [6.45, 7) is 2.05. The minimum Gasteiger partial charge on any atom is -0.403 e. The Morgan fingerprint density at radius 3 is 2.64 bits per heavy atom. The number of nitrogens with two attached hydrogens (primary N) is 1. The number of hydrogen-bond acceptors (Lipinski definition) is 2. The van der Waals surface area contributed by atoms with Crippen LogP contribution in [0.1, 0.15) is 13.3 Å². The maximum absolute atomic E-state index is 6.95. The fraction of sp³-hybridized carbons (Fsp3) is 0.375. The first-order valence-electron chi connectivity index (χ1n) is 3.58. The SMILES string of the molecule is CC/C=C\C(=C/N)N(C)C=N. The summed E-state index contributed by atoms with van der Waals surface area (Å²) in [5.41, 5.74) is 6.17. The molecule has 11 heavy (non-hydrogen) atoms. The lowest BCUT2D eigenvalue weighted by Gasteiger charge is -2.11. The Kier molecular flexibility index (Phi) is 4.90. The molecule has 0 atom stereocenters. The molecule has 0 fully saturated rings. The van der Waals surface area contributed by atoms with Crippen LogP contribution in [0.4, 0.5) is 0 Å². The molecule has 0 aromatic carbocycles. The monoisotopic (exact) mass is 153 g/mol. The molecule has 0 aromatic heterocycles. The Labute approximate surface area is 67.7 Å². The Bertz CT molecular complexity index is 170. The van der Waals surface area contributed by atoms with Crippen molar-refractivity contribution in [2.24, 2.45) is 5.73 Å². The lowest BCUT2D eigenvalue weighted by Crippen LogP contribution is -2.14. The minimum absolute atomic E-state index is 0.835. The van der Waals surface area contributed by atoms with Crippen LogP contribution in [-0.4, -0.2) is 18.3 Å². The van der Waals surface area contributed by atoms with Crippen LogP contribution in [0.3, 0.4) is 0 Å². The van der Waals surface area contributed by atoms with Gasteiger partial charge in [-0.25, -0.2) is 0 Å². The van der Waals surface area contributed by atoms with Gasteiger partial charge in [-0.3, -0.25) is 5.41 Å². The van der Waals surface area contributed by atoms with Crippen LogP contribution in [0.15, 0.2) is 24.0 Å². The summed E-state index contributed by atoms with van der Waals surface area (Å²) >= 11 is 0. The predicted octanol–water partition coefficient (Wildman–Crippen LogP) is 1.29. The number of hydrogen-bond donors (Lipinski definition) is 2. The molecule has 0 heterocycles. The highest BCUT2D eigenvalue weighted by atomic mass is 15.1. The second-order valence-corrected chi connectivity index (χ2v) is 2.14. The van der Waals surface area contributed by atoms with E-state index in [1.54, 1.807) is 11.9 Å². The topological polar surface area (TPSA) is 53.1 Å². The third-order valence-electron chi connectivity index (χ3n) is 1.30. The Morgan fingerprint density at radius 1 is 1.64 bits per heavy atom. The summed E-state index contributed by atoms with van der Waals surface area (Å²) in [5.74, 6) is 0. The number of rotatable bonds is 4. The molecule has 62 valence electrons. The van der Waals surface area contributed by atoms with Crippen LogP contribution >= 0.6 is 0 Å². The number of nitrogens with zero attached hydrogens (tertiary/aromatic N) is 1. The molecule has 0 aromatic rings. The highest BCUT2D eigenvalue weighted by molar-refractivity contribution is 5.54. The van der Waals surface area contributed by atoms with Crippen LogP contribution in [0.5, 0.6) is 0 Å². The first kappa shape index (κ1) is 9.75. The summed E-state index contributed by atoms with van der Waals surface area (Å²) < 4.78 is 0. The molecule has 0 rings (SSSR count). The number of nitrogens with one attached hydrogen (secondary N) is 1. The predicted molar refractivity (Wildman–Crippen MR) is 48.2 cm³/mol. The molecule has 0 amide bonds. The Hall–Kier alpha value is -1.25. The van der Waals surface area contributed by atoms with Gasteiger partial charge in [0.2, 0.25) is 0 Å². The summed E-state index contributed by atoms with van der Waals surface area (Å²) in [7, 11) is 1.78. The zero-order valence-electron chi connectivity index (χ0n) is 7.04. The number of likely N-dealkylation sites (N-methyl/N-ethyl adjacent to an activating group) is 1. The summed E-state index contributed by atoms with van der Waals surface area (Å²) in [4.78, 5) is 1.64. The van der Waals surface area contributed by atoms with Crippen molar-refractivity contribution in [1.82, 2.24) is 4.90 Å². The highest BCUT2D eigenvalue weighted by Crippen LogP contribution is 1.98. The van der Waals surface area contributed by atoms with Crippen LogP contribution in [0.2, 0.25) is 0 Å². The minimum atomic E-state index is 0.835. The molecule has 0 spiro atoms. The zero-order chi connectivity index (χ0) is 8.69. The molecule has 0 saturated heterocycles. The van der Waals surface area contributed by atoms with Gasteiger partial charge >= 0.3 is 0 Å². The summed E-state index contributed by atoms with van der Waals surface area (Å²) in [5, 5.41) is 6.95. The van der Waals surface area contributed by atoms with E-state index >= 15 is 0 Å². The van der Waals surface area contributed by atoms with E-state index in [-0.39, 0.29) is 0 Å². The highest BCUT2D eigenvalue weighted by Gasteiger charge is 1.93. The third-order valence-corrected chi connectivity index (χ3v) is 1.30. The molecular weight excluding hydrogens is 138 g/mol. The molecule has 3 N–H and O–H groups in total. The quantitative estimate of drug-likeness (QED) is 0.363. The Balaban J connectivity index is 4.18. The van der Waals surface area contributed by atoms with E-state index in [1.807, 2.05) is 12.2 Å². The maximum Gasteiger partial charge on any atom is 0.0859 e. The standard InChI is InChI=1S/C8H15N3/c1-3-4-5-8(6-9)11(2)7-10/h4-7,10H,3,9H2,1-2H3/b5-4-,8-6+,10-7?. The lowest BCUT2D eigenvalue weighted by molar-refractivity contribution is 0.660. The average Bonchev–Trinajstić information content (AvgIpc) is 2.05. The molecule has 0 saturated carbocycles. The van der Waals surface area contributed by atoms with Gasteiger partial charge in [0, 0.05) is 13.2 Å². The van der Waals surface area contributed by atoms with Gasteiger partial charge in [0.15, 0.2) is 0 Å². The number of allylic oxidation sites excluding steroid dienone is 2. The smallest absolute Gasteiger partial charge is 0.0859 e. The van der Waals surface area contributed by atoms with Crippen molar-refractivity contribution < 1.29 is 0 Å². The molecular formula is C8H15N3. The van der Waals surface area contributed by atoms with Crippen molar-refractivity contribution in [2.75, 3.05) is 7.05 Å². The van der Waals surface area contributed by atoms with Gasteiger partial charge in [0.1, 0.15) is 0 Å². The van der Waals surface area contributed by atoms with Crippen LogP contribution in [0, 0.1) is 5.41 Å². The van der Waals surface area contributed by atoms with Crippen molar-refractivity contribution in [1.29, 1.82) is 5.41 Å². The molecule has 0 aliphatic heterocycles. The molecule has 0 aliphatic rings. The van der Waals surface area contributed by atoms with Crippen molar-refractivity contribution in [2.45, 2.75) is 13.3 Å². The van der Waals surface area contributed by atoms with Crippen molar-refractivity contribution in [3.63, 3.8) is 0 Å². The van der Waals surface area contributed by atoms with E-state index in [1.165, 1.54) is 12.5 Å². The van der Waals surface area contributed by atoms with Gasteiger partial charge in [-0.15, -0.1) is 0 Å². The van der Waals surface area contributed by atoms with Crippen LogP contribution in [0.25, 0.3) is 0 Å². The van der Waals surface area contributed by atoms with E-state index in [0.29, 0.717) is 0 Å². The molecule has 0 aliphatic carbocycles. The van der Waals surface area contributed by atoms with Gasteiger partial charge < -0.3 is 10.6 Å². The van der Waals surface area contributed by atoms with E-state index in [2.05, 4.69) is 6.92 Å². The second-order valence-electron chi connectivity index (χ2n) is 2.14. The van der Waals surface area contributed by atoms with Gasteiger partial charge in [0.25, 0.3) is 0 Å². The molecule has 3 nitrogen and oxygen atoms in total. The van der Waals surface area contributed by atoms with E-state index < -0.39 is 0 Å². The van der Waals surface area contributed by atoms with Gasteiger partial charge in [-0.1, -0.05) is 13.0 Å². The largest absolute Gasteiger partial charge is 0.403 e. The fourth-order valence-electron chi connectivity index (χ4n) is 0.604. The normalized spacial score (nSPS) is 12.0. The van der Waals surface area contributed by atoms with Gasteiger partial charge in [-0.2, -0.15) is 0 Å². The Morgan fingerprint density at radius 2 is 2.27 bits per heavy atom. The summed E-state index contributed by atoms with van der Waals surface area (Å²) in [6.07, 6.45) is 7.57. The van der Waals surface area contributed by atoms with Crippen molar-refractivity contribution in [3.05, 3.63) is 24.0 Å². The van der Waals surface area contributed by atoms with Gasteiger partial charge in [0.05, 0.1) is 12.0 Å². The van der Waals surface area contributed by atoms with Gasteiger partial charge in [-0.05, 0) is 12.5 Å². The molecule has 0 bridgehead atoms.